The maximum absolute atomic E-state index is 13.0. The van der Waals surface area contributed by atoms with E-state index in [1.54, 1.807) is 0 Å². The highest BCUT2D eigenvalue weighted by atomic mass is 16.5. The molecule has 2 aliphatic carbocycles. The van der Waals surface area contributed by atoms with Crippen molar-refractivity contribution in [3.63, 3.8) is 0 Å². The molecule has 2 aromatic carbocycles. The number of nitrogens with one attached hydrogen (secondary N) is 1. The second-order valence-electron chi connectivity index (χ2n) is 9.85. The molecule has 3 aliphatic rings. The van der Waals surface area contributed by atoms with Crippen LogP contribution in [-0.4, -0.2) is 64.9 Å². The molecule has 0 spiro atoms. The van der Waals surface area contributed by atoms with Crippen molar-refractivity contribution in [3.05, 3.63) is 59.7 Å². The van der Waals surface area contributed by atoms with Gasteiger partial charge >= 0.3 is 12.1 Å². The molecule has 1 heterocycles. The number of alkyl carbamates (subject to hydrolysis) is 1. The Bertz CT molecular complexity index is 1100. The fourth-order valence-corrected chi connectivity index (χ4v) is 5.86. The number of carboxylic acids is 1. The molecule has 35 heavy (non-hydrogen) atoms. The van der Waals surface area contributed by atoms with Gasteiger partial charge in [0, 0.05) is 31.3 Å². The van der Waals surface area contributed by atoms with Crippen LogP contribution >= 0.6 is 0 Å². The summed E-state index contributed by atoms with van der Waals surface area (Å²) in [6.45, 7) is 0.591. The summed E-state index contributed by atoms with van der Waals surface area (Å²) in [7, 11) is 0. The summed E-state index contributed by atoms with van der Waals surface area (Å²) < 4.78 is 5.60. The van der Waals surface area contributed by atoms with E-state index in [0.717, 1.165) is 24.0 Å². The number of β-amino-alcohol motifs (C(OH)–C–C–N with tert-alkyl or cyclic N) is 1. The van der Waals surface area contributed by atoms with Gasteiger partial charge in [0.1, 0.15) is 6.61 Å². The zero-order valence-electron chi connectivity index (χ0n) is 19.5. The zero-order valence-corrected chi connectivity index (χ0v) is 19.5. The van der Waals surface area contributed by atoms with Crippen LogP contribution in [0.25, 0.3) is 11.1 Å². The van der Waals surface area contributed by atoms with E-state index in [1.807, 2.05) is 24.3 Å². The summed E-state index contributed by atoms with van der Waals surface area (Å²) in [6, 6.07) is 16.3. The summed E-state index contributed by atoms with van der Waals surface area (Å²) in [5.41, 5.74) is 2.76. The van der Waals surface area contributed by atoms with Gasteiger partial charge in [0.2, 0.25) is 5.91 Å². The van der Waals surface area contributed by atoms with E-state index in [0.29, 0.717) is 13.0 Å². The standard InChI is InChI=1S/C27H30N2O6/c30-24(29-13-12-27(34,16-29)25(31)32)18-11-5-6-17(18)14-28-26(33)35-15-23-21-9-3-1-7-19(21)20-8-2-4-10-22(20)23/h1-4,7-10,17-18,23,34H,5-6,11-16H2,(H,28,33)(H,31,32). The highest BCUT2D eigenvalue weighted by molar-refractivity contribution is 5.84. The minimum absolute atomic E-state index is 0.0166. The molecular formula is C27H30N2O6. The first-order valence-electron chi connectivity index (χ1n) is 12.2. The highest BCUT2D eigenvalue weighted by Crippen LogP contribution is 2.44. The van der Waals surface area contributed by atoms with Crippen LogP contribution in [0.3, 0.4) is 0 Å². The Morgan fingerprint density at radius 3 is 2.31 bits per heavy atom. The van der Waals surface area contributed by atoms with Crippen molar-refractivity contribution in [3.8, 4) is 11.1 Å². The Morgan fingerprint density at radius 2 is 1.69 bits per heavy atom. The van der Waals surface area contributed by atoms with Crippen LogP contribution in [0.15, 0.2) is 48.5 Å². The zero-order chi connectivity index (χ0) is 24.6. The van der Waals surface area contributed by atoms with Crippen LogP contribution in [-0.2, 0) is 14.3 Å². The number of nitrogens with zero attached hydrogens (tertiary/aromatic N) is 1. The molecule has 2 fully saturated rings. The van der Waals surface area contributed by atoms with Crippen molar-refractivity contribution < 1.29 is 29.3 Å². The van der Waals surface area contributed by atoms with E-state index in [4.69, 9.17) is 4.74 Å². The molecule has 1 aliphatic heterocycles. The van der Waals surface area contributed by atoms with E-state index in [2.05, 4.69) is 29.6 Å². The van der Waals surface area contributed by atoms with Crippen LogP contribution in [0.4, 0.5) is 4.79 Å². The topological polar surface area (TPSA) is 116 Å². The van der Waals surface area contributed by atoms with Crippen molar-refractivity contribution >= 4 is 18.0 Å². The molecule has 3 atom stereocenters. The quantitative estimate of drug-likeness (QED) is 0.588. The lowest BCUT2D eigenvalue weighted by Gasteiger charge is -2.26. The second-order valence-corrected chi connectivity index (χ2v) is 9.85. The summed E-state index contributed by atoms with van der Waals surface area (Å²) in [4.78, 5) is 38.3. The van der Waals surface area contributed by atoms with Crippen molar-refractivity contribution in [1.82, 2.24) is 10.2 Å². The molecule has 2 aromatic rings. The number of carbonyl (C=O) groups excluding carboxylic acids is 2. The first kappa shape index (κ1) is 23.4. The Hall–Kier alpha value is -3.39. The first-order chi connectivity index (χ1) is 16.9. The van der Waals surface area contributed by atoms with E-state index in [9.17, 15) is 24.6 Å². The Balaban J connectivity index is 1.15. The van der Waals surface area contributed by atoms with Gasteiger partial charge in [0.15, 0.2) is 5.60 Å². The molecule has 3 N–H and O–H groups in total. The number of amides is 2. The van der Waals surface area contributed by atoms with Gasteiger partial charge in [-0.25, -0.2) is 9.59 Å². The van der Waals surface area contributed by atoms with Gasteiger partial charge in [-0.3, -0.25) is 4.79 Å². The van der Waals surface area contributed by atoms with Gasteiger partial charge in [-0.1, -0.05) is 55.0 Å². The number of likely N-dealkylation sites (tertiary alicyclic amines) is 1. The fourth-order valence-electron chi connectivity index (χ4n) is 5.86. The average Bonchev–Trinajstić information content (AvgIpc) is 3.57. The number of benzene rings is 2. The number of hydrogen-bond acceptors (Lipinski definition) is 5. The number of ether oxygens (including phenoxy) is 1. The number of aliphatic carboxylic acids is 1. The molecule has 2 amide bonds. The van der Waals surface area contributed by atoms with Crippen LogP contribution in [0, 0.1) is 11.8 Å². The summed E-state index contributed by atoms with van der Waals surface area (Å²) in [5, 5.41) is 22.2. The summed E-state index contributed by atoms with van der Waals surface area (Å²) in [5.74, 6) is -1.79. The molecule has 8 heteroatoms. The van der Waals surface area contributed by atoms with Crippen LogP contribution in [0.1, 0.15) is 42.7 Å². The minimum Gasteiger partial charge on any atom is -0.479 e. The van der Waals surface area contributed by atoms with Gasteiger partial charge < -0.3 is 25.2 Å². The van der Waals surface area contributed by atoms with Crippen LogP contribution in [0.5, 0.6) is 0 Å². The molecular weight excluding hydrogens is 448 g/mol. The largest absolute Gasteiger partial charge is 0.479 e. The molecule has 0 radical (unpaired) electrons. The van der Waals surface area contributed by atoms with Gasteiger partial charge in [0.05, 0.1) is 6.54 Å². The lowest BCUT2D eigenvalue weighted by atomic mass is 9.94. The number of hydrogen-bond donors (Lipinski definition) is 3. The first-order valence-corrected chi connectivity index (χ1v) is 12.2. The monoisotopic (exact) mass is 478 g/mol. The smallest absolute Gasteiger partial charge is 0.407 e. The van der Waals surface area contributed by atoms with Crippen molar-refractivity contribution in [1.29, 1.82) is 0 Å². The SMILES string of the molecule is O=C(NCC1CCCC1C(=O)N1CCC(O)(C(=O)O)C1)OCC1c2ccccc2-c2ccccc21. The van der Waals surface area contributed by atoms with E-state index >= 15 is 0 Å². The van der Waals surface area contributed by atoms with Gasteiger partial charge in [-0.15, -0.1) is 0 Å². The molecule has 5 rings (SSSR count). The Morgan fingerprint density at radius 1 is 1.03 bits per heavy atom. The summed E-state index contributed by atoms with van der Waals surface area (Å²) in [6.07, 6.45) is 1.88. The Labute approximate surface area is 203 Å². The van der Waals surface area contributed by atoms with Crippen molar-refractivity contribution in [2.75, 3.05) is 26.2 Å². The van der Waals surface area contributed by atoms with E-state index in [1.165, 1.54) is 16.0 Å². The third kappa shape index (κ3) is 4.38. The molecule has 3 unspecified atom stereocenters. The van der Waals surface area contributed by atoms with Gasteiger partial charge in [-0.2, -0.15) is 0 Å². The number of rotatable bonds is 6. The van der Waals surface area contributed by atoms with Crippen molar-refractivity contribution in [2.24, 2.45) is 11.8 Å². The third-order valence-corrected chi connectivity index (χ3v) is 7.79. The fraction of sp³-hybridized carbons (Fsp3) is 0.444. The average molecular weight is 479 g/mol. The lowest BCUT2D eigenvalue weighted by molar-refractivity contribution is -0.157. The molecule has 0 bridgehead atoms. The number of aliphatic hydroxyl groups is 1. The molecule has 0 aromatic heterocycles. The normalized spacial score (nSPS) is 25.2. The number of carboxylic acid groups (broad SMARTS) is 1. The Kier molecular flexibility index (Phi) is 6.23. The van der Waals surface area contributed by atoms with E-state index in [-0.39, 0.29) is 49.8 Å². The maximum atomic E-state index is 13.0. The number of carbonyl (C=O) groups is 3. The van der Waals surface area contributed by atoms with Crippen molar-refractivity contribution in [2.45, 2.75) is 37.2 Å². The highest BCUT2D eigenvalue weighted by Gasteiger charge is 2.47. The van der Waals surface area contributed by atoms with Crippen LogP contribution < -0.4 is 5.32 Å². The minimum atomic E-state index is -1.87. The molecule has 184 valence electrons. The summed E-state index contributed by atoms with van der Waals surface area (Å²) >= 11 is 0. The predicted octanol–water partition coefficient (Wildman–Crippen LogP) is 2.99. The van der Waals surface area contributed by atoms with Gasteiger partial charge in [0.25, 0.3) is 0 Å². The molecule has 1 saturated heterocycles. The number of fused-ring (bicyclic) bond motifs is 3. The van der Waals surface area contributed by atoms with E-state index < -0.39 is 17.7 Å². The third-order valence-electron chi connectivity index (χ3n) is 7.79. The molecule has 8 nitrogen and oxygen atoms in total. The maximum Gasteiger partial charge on any atom is 0.407 e. The predicted molar refractivity (Wildman–Crippen MR) is 128 cm³/mol. The van der Waals surface area contributed by atoms with Crippen LogP contribution in [0.2, 0.25) is 0 Å². The lowest BCUT2D eigenvalue weighted by Crippen LogP contribution is -2.45. The second kappa shape index (κ2) is 9.34. The molecule has 1 saturated carbocycles. The van der Waals surface area contributed by atoms with Gasteiger partial charge in [-0.05, 0) is 41.0 Å².